The van der Waals surface area contributed by atoms with Crippen LogP contribution in [0.15, 0.2) is 27.9 Å². The van der Waals surface area contributed by atoms with Gasteiger partial charge in [-0.2, -0.15) is 12.7 Å². The van der Waals surface area contributed by atoms with E-state index in [-0.39, 0.29) is 16.3 Å². The van der Waals surface area contributed by atoms with Crippen molar-refractivity contribution in [1.29, 1.82) is 0 Å². The molecule has 1 aliphatic rings. The van der Waals surface area contributed by atoms with Gasteiger partial charge in [0.05, 0.1) is 29.0 Å². The maximum absolute atomic E-state index is 13.4. The number of aryl methyl sites for hydroxylation is 2. The van der Waals surface area contributed by atoms with Crippen molar-refractivity contribution in [2.24, 2.45) is 0 Å². The van der Waals surface area contributed by atoms with Gasteiger partial charge in [0.2, 0.25) is 10.0 Å². The zero-order chi connectivity index (χ0) is 29.0. The van der Waals surface area contributed by atoms with Crippen LogP contribution in [0.4, 0.5) is 0 Å². The lowest BCUT2D eigenvalue weighted by atomic mass is 10.2. The Hall–Kier alpha value is -2.85. The molecule has 216 valence electrons. The Morgan fingerprint density at radius 1 is 1.08 bits per heavy atom. The van der Waals surface area contributed by atoms with Gasteiger partial charge in [-0.1, -0.05) is 13.8 Å². The smallest absolute Gasteiger partial charge is 0.277 e. The quantitative estimate of drug-likeness (QED) is 0.371. The molecule has 0 spiro atoms. The van der Waals surface area contributed by atoms with E-state index in [0.29, 0.717) is 73.8 Å². The van der Waals surface area contributed by atoms with E-state index >= 15 is 0 Å². The monoisotopic (exact) mass is 584 g/mol. The first kappa shape index (κ1) is 30.7. The molecule has 2 N–H and O–H groups in total. The van der Waals surface area contributed by atoms with Crippen LogP contribution < -0.4 is 10.3 Å². The van der Waals surface area contributed by atoms with E-state index in [4.69, 9.17) is 9.29 Å². The predicted octanol–water partition coefficient (Wildman–Crippen LogP) is 1.57. The van der Waals surface area contributed by atoms with Crippen molar-refractivity contribution in [3.63, 3.8) is 0 Å². The lowest BCUT2D eigenvalue weighted by Crippen LogP contribution is -2.48. The number of hydrogen-bond donors (Lipinski definition) is 2. The Bertz CT molecular complexity index is 1570. The molecule has 0 unspecified atom stereocenters. The molecule has 4 rings (SSSR count). The summed E-state index contributed by atoms with van der Waals surface area (Å²) >= 11 is 0. The fraction of sp³-hybridized carbons (Fsp3) is 0.542. The summed E-state index contributed by atoms with van der Waals surface area (Å²) < 4.78 is 61.5. The number of piperazine rings is 1. The number of ether oxygens (including phenoxy) is 1. The highest BCUT2D eigenvalue weighted by molar-refractivity contribution is 7.89. The largest absolute Gasteiger partial charge is 0.493 e. The number of nitrogens with one attached hydrogen (secondary N) is 1. The van der Waals surface area contributed by atoms with E-state index in [1.54, 1.807) is 29.6 Å². The number of nitrogens with zero attached hydrogens (tertiary/aromatic N) is 5. The highest BCUT2D eigenvalue weighted by Gasteiger charge is 2.29. The van der Waals surface area contributed by atoms with Crippen molar-refractivity contribution in [3.05, 3.63) is 40.1 Å². The molecule has 2 aromatic heterocycles. The number of sulfonamides is 1. The molecule has 0 saturated carbocycles. The van der Waals surface area contributed by atoms with Crippen molar-refractivity contribution in [2.45, 2.75) is 45.4 Å². The second-order valence-corrected chi connectivity index (χ2v) is 12.5. The first-order chi connectivity index (χ1) is 18.3. The number of H-pyrrole nitrogens is 1. The number of aromatic amines is 1. The Labute approximate surface area is 228 Å². The van der Waals surface area contributed by atoms with Crippen LogP contribution >= 0.6 is 0 Å². The summed E-state index contributed by atoms with van der Waals surface area (Å²) in [4.78, 5) is 22.6. The normalized spacial score (nSPS) is 15.2. The summed E-state index contributed by atoms with van der Waals surface area (Å²) in [7, 11) is -7.38. The minimum atomic E-state index is -3.71. The van der Waals surface area contributed by atoms with Crippen LogP contribution in [0.25, 0.3) is 16.9 Å². The summed E-state index contributed by atoms with van der Waals surface area (Å²) in [5, 5.41) is 4.65. The molecule has 0 amide bonds. The number of benzene rings is 1. The number of rotatable bonds is 8. The molecule has 39 heavy (non-hydrogen) atoms. The number of aromatic nitrogens is 4. The van der Waals surface area contributed by atoms with Gasteiger partial charge in [0.25, 0.3) is 15.7 Å². The van der Waals surface area contributed by atoms with E-state index in [1.165, 1.54) is 4.31 Å². The Morgan fingerprint density at radius 2 is 1.72 bits per heavy atom. The summed E-state index contributed by atoms with van der Waals surface area (Å²) in [5.74, 6) is 1.38. The molecule has 3 heterocycles. The zero-order valence-corrected chi connectivity index (χ0v) is 24.5. The molecule has 0 bridgehead atoms. The molecule has 0 radical (unpaired) electrons. The van der Waals surface area contributed by atoms with Gasteiger partial charge in [-0.3, -0.25) is 9.35 Å². The van der Waals surface area contributed by atoms with Crippen molar-refractivity contribution in [3.8, 4) is 17.1 Å². The van der Waals surface area contributed by atoms with Crippen LogP contribution in [0.3, 0.4) is 0 Å². The van der Waals surface area contributed by atoms with Crippen LogP contribution in [0.5, 0.6) is 5.75 Å². The standard InChI is InChI=1S/C23H32N6O4S.CH4O3S/c1-5-8-20-24-16(4)21-23(30)25-22(26-29(20)21)18-15-17(9-10-19(18)33-7-3)34(31,32)28-13-11-27(6-2)12-14-28;1-5(2,3)4/h9-10,15H,5-8,11-14H2,1-4H3,(H,25,26,30);1H3,(H,2,3,4). The molecular weight excluding hydrogens is 548 g/mol. The third-order valence-electron chi connectivity index (χ3n) is 6.14. The molecule has 3 aromatic rings. The Kier molecular flexibility index (Phi) is 9.88. The highest BCUT2D eigenvalue weighted by atomic mass is 32.2. The maximum Gasteiger partial charge on any atom is 0.277 e. The van der Waals surface area contributed by atoms with Gasteiger partial charge in [-0.05, 0) is 45.0 Å². The van der Waals surface area contributed by atoms with Gasteiger partial charge in [-0.25, -0.2) is 17.9 Å². The van der Waals surface area contributed by atoms with Crippen molar-refractivity contribution in [2.75, 3.05) is 45.6 Å². The number of likely N-dealkylation sites (N-methyl/N-ethyl adjacent to an activating group) is 1. The van der Waals surface area contributed by atoms with Crippen molar-refractivity contribution >= 4 is 25.7 Å². The second-order valence-electron chi connectivity index (χ2n) is 9.09. The molecule has 15 heteroatoms. The Morgan fingerprint density at radius 3 is 2.28 bits per heavy atom. The third kappa shape index (κ3) is 7.42. The first-order valence-electron chi connectivity index (χ1n) is 12.7. The number of imidazole rings is 1. The van der Waals surface area contributed by atoms with Crippen molar-refractivity contribution in [1.82, 2.24) is 28.8 Å². The van der Waals surface area contributed by atoms with E-state index in [0.717, 1.165) is 13.0 Å². The number of hydrogen-bond acceptors (Lipinski definition) is 9. The maximum atomic E-state index is 13.4. The highest BCUT2D eigenvalue weighted by Crippen LogP contribution is 2.31. The van der Waals surface area contributed by atoms with Crippen LogP contribution in [-0.2, 0) is 26.6 Å². The molecule has 0 aliphatic carbocycles. The van der Waals surface area contributed by atoms with Crippen molar-refractivity contribution < 1.29 is 26.1 Å². The fourth-order valence-corrected chi connectivity index (χ4v) is 5.76. The SMILES string of the molecule is CCCc1nc(C)c2c(=O)[nH]c(-c3cc(S(=O)(=O)N4CCN(CC)CC4)ccc3OCC)nn12.CS(=O)(=O)O. The molecule has 1 fully saturated rings. The summed E-state index contributed by atoms with van der Waals surface area (Å²) in [6.45, 7) is 11.3. The number of fused-ring (bicyclic) bond motifs is 1. The second kappa shape index (κ2) is 12.6. The predicted molar refractivity (Wildman–Crippen MR) is 147 cm³/mol. The molecular formula is C24H36N6O7S2. The minimum Gasteiger partial charge on any atom is -0.493 e. The molecule has 1 saturated heterocycles. The van der Waals surface area contributed by atoms with Gasteiger partial charge in [0.1, 0.15) is 11.6 Å². The lowest BCUT2D eigenvalue weighted by molar-refractivity contribution is 0.196. The third-order valence-corrected chi connectivity index (χ3v) is 8.03. The van der Waals surface area contributed by atoms with E-state index in [2.05, 4.69) is 26.9 Å². The van der Waals surface area contributed by atoms with Gasteiger partial charge >= 0.3 is 0 Å². The van der Waals surface area contributed by atoms with Crippen LogP contribution in [0, 0.1) is 6.92 Å². The molecule has 1 aliphatic heterocycles. The van der Waals surface area contributed by atoms with E-state index in [1.807, 2.05) is 13.8 Å². The van der Waals surface area contributed by atoms with Gasteiger partial charge in [-0.15, -0.1) is 5.10 Å². The molecule has 1 aromatic carbocycles. The summed E-state index contributed by atoms with van der Waals surface area (Å²) in [5.41, 5.74) is 1.09. The van der Waals surface area contributed by atoms with Gasteiger partial charge in [0, 0.05) is 32.6 Å². The minimum absolute atomic E-state index is 0.147. The van der Waals surface area contributed by atoms with Gasteiger partial charge in [0.15, 0.2) is 11.3 Å². The summed E-state index contributed by atoms with van der Waals surface area (Å²) in [6.07, 6.45) is 2.24. The van der Waals surface area contributed by atoms with E-state index in [9.17, 15) is 21.6 Å². The first-order valence-corrected chi connectivity index (χ1v) is 16.0. The summed E-state index contributed by atoms with van der Waals surface area (Å²) in [6, 6.07) is 4.72. The van der Waals surface area contributed by atoms with Crippen LogP contribution in [0.1, 0.15) is 38.7 Å². The topological polar surface area (TPSA) is 167 Å². The molecule has 0 atom stereocenters. The molecule has 13 nitrogen and oxygen atoms in total. The fourth-order valence-electron chi connectivity index (χ4n) is 4.31. The average molecular weight is 585 g/mol. The lowest BCUT2D eigenvalue weighted by Gasteiger charge is -2.33. The van der Waals surface area contributed by atoms with Gasteiger partial charge < -0.3 is 14.6 Å². The Balaban J connectivity index is 0.000000771. The van der Waals surface area contributed by atoms with Crippen LogP contribution in [0.2, 0.25) is 0 Å². The van der Waals surface area contributed by atoms with E-state index < -0.39 is 20.1 Å². The van der Waals surface area contributed by atoms with Crippen LogP contribution in [-0.4, -0.2) is 95.8 Å². The average Bonchev–Trinajstić information content (AvgIpc) is 3.19. The zero-order valence-electron chi connectivity index (χ0n) is 22.8.